The number of halogens is 1. The molecule has 0 N–H and O–H groups in total. The largest absolute Gasteiger partial charge is 0.466 e. The van der Waals surface area contributed by atoms with Crippen LogP contribution in [0.4, 0.5) is 10.1 Å². The summed E-state index contributed by atoms with van der Waals surface area (Å²) in [5.74, 6) is -1.30. The molecule has 0 saturated carbocycles. The molecule has 1 amide bonds. The van der Waals surface area contributed by atoms with Crippen LogP contribution in [0.1, 0.15) is 17.3 Å². The lowest BCUT2D eigenvalue weighted by Crippen LogP contribution is -2.32. The molecule has 0 unspecified atom stereocenters. The third-order valence-electron chi connectivity index (χ3n) is 3.85. The van der Waals surface area contributed by atoms with Gasteiger partial charge >= 0.3 is 5.97 Å². The number of carbonyl (C=O) groups excluding carboxylic acids is 2. The molecule has 0 saturated heterocycles. The summed E-state index contributed by atoms with van der Waals surface area (Å²) in [6.45, 7) is 5.13. The van der Waals surface area contributed by atoms with Crippen LogP contribution in [0, 0.1) is 5.82 Å². The van der Waals surface area contributed by atoms with Crippen molar-refractivity contribution in [3.8, 4) is 0 Å². The van der Waals surface area contributed by atoms with Crippen molar-refractivity contribution in [2.24, 2.45) is 4.99 Å². The molecular formula is C21H20FN3O3. The highest BCUT2D eigenvalue weighted by Gasteiger charge is 2.19. The van der Waals surface area contributed by atoms with Crippen LogP contribution in [0.25, 0.3) is 0 Å². The van der Waals surface area contributed by atoms with Gasteiger partial charge in [-0.05, 0) is 50.0 Å². The molecule has 0 aliphatic heterocycles. The number of ether oxygens (including phenoxy) is 1. The summed E-state index contributed by atoms with van der Waals surface area (Å²) < 4.78 is 18.4. The topological polar surface area (TPSA) is 71.9 Å². The van der Waals surface area contributed by atoms with E-state index in [4.69, 9.17) is 0 Å². The smallest absolute Gasteiger partial charge is 0.333 e. The minimum Gasteiger partial charge on any atom is -0.466 e. The van der Waals surface area contributed by atoms with Gasteiger partial charge in [0.25, 0.3) is 5.91 Å². The van der Waals surface area contributed by atoms with Crippen molar-refractivity contribution in [3.05, 3.63) is 83.6 Å². The summed E-state index contributed by atoms with van der Waals surface area (Å²) in [6.07, 6.45) is 6.09. The first-order valence-corrected chi connectivity index (χ1v) is 8.36. The normalized spacial score (nSPS) is 11.7. The van der Waals surface area contributed by atoms with E-state index in [2.05, 4.69) is 21.4 Å². The predicted octanol–water partition coefficient (Wildman–Crippen LogP) is 3.57. The second kappa shape index (κ2) is 9.91. The van der Waals surface area contributed by atoms with Gasteiger partial charge in [-0.3, -0.25) is 14.8 Å². The molecule has 0 aliphatic carbocycles. The maximum Gasteiger partial charge on any atom is 0.333 e. The first-order valence-electron chi connectivity index (χ1n) is 8.36. The number of allylic oxidation sites excluding steroid dienone is 2. The molecule has 0 aliphatic rings. The number of esters is 1. The Hall–Kier alpha value is -3.61. The van der Waals surface area contributed by atoms with Crippen LogP contribution in [0.5, 0.6) is 0 Å². The summed E-state index contributed by atoms with van der Waals surface area (Å²) in [4.78, 5) is 33.7. The van der Waals surface area contributed by atoms with E-state index in [1.807, 2.05) is 0 Å². The van der Waals surface area contributed by atoms with Gasteiger partial charge in [0.2, 0.25) is 0 Å². The number of amides is 1. The van der Waals surface area contributed by atoms with Crippen LogP contribution in [-0.2, 0) is 9.53 Å². The Morgan fingerprint density at radius 1 is 1.25 bits per heavy atom. The van der Waals surface area contributed by atoms with E-state index in [0.29, 0.717) is 22.5 Å². The molecule has 1 aromatic carbocycles. The zero-order valence-corrected chi connectivity index (χ0v) is 15.6. The Labute approximate surface area is 162 Å². The van der Waals surface area contributed by atoms with Gasteiger partial charge in [0, 0.05) is 29.2 Å². The third-order valence-corrected chi connectivity index (χ3v) is 3.85. The van der Waals surface area contributed by atoms with E-state index in [0.717, 1.165) is 0 Å². The number of benzene rings is 1. The van der Waals surface area contributed by atoms with E-state index in [1.54, 1.807) is 31.2 Å². The fraction of sp³-hybridized carbons (Fsp3) is 0.143. The molecule has 0 spiro atoms. The highest BCUT2D eigenvalue weighted by molar-refractivity contribution is 6.06. The molecule has 1 aromatic heterocycles. The number of hydrogen-bond donors (Lipinski definition) is 0. The molecule has 0 atom stereocenters. The standard InChI is InChI=1S/C21H20FN3O3/c1-15(21(27)28-3)7-8-18(23-2)14-25(19-6-4-5-17(22)13-19)20(26)16-9-11-24-12-10-16/h4-13H,2,14H2,1,3H3/b15-7+,18-8-. The van der Waals surface area contributed by atoms with E-state index in [-0.39, 0.29) is 12.5 Å². The van der Waals surface area contributed by atoms with Gasteiger partial charge in [-0.25, -0.2) is 9.18 Å². The van der Waals surface area contributed by atoms with Gasteiger partial charge in [0.1, 0.15) is 5.82 Å². The number of nitrogens with zero attached hydrogens (tertiary/aromatic N) is 3. The van der Waals surface area contributed by atoms with Crippen molar-refractivity contribution in [2.45, 2.75) is 6.92 Å². The lowest BCUT2D eigenvalue weighted by atomic mass is 10.2. The lowest BCUT2D eigenvalue weighted by Gasteiger charge is -2.23. The van der Waals surface area contributed by atoms with Crippen molar-refractivity contribution in [2.75, 3.05) is 18.6 Å². The molecule has 2 rings (SSSR count). The molecule has 28 heavy (non-hydrogen) atoms. The van der Waals surface area contributed by atoms with Gasteiger partial charge in [-0.15, -0.1) is 0 Å². The van der Waals surface area contributed by atoms with E-state index >= 15 is 0 Å². The van der Waals surface area contributed by atoms with Crippen molar-refractivity contribution in [1.82, 2.24) is 4.98 Å². The van der Waals surface area contributed by atoms with Crippen LogP contribution in [-0.4, -0.2) is 37.2 Å². The Morgan fingerprint density at radius 3 is 2.57 bits per heavy atom. The maximum atomic E-state index is 13.7. The fourth-order valence-corrected chi connectivity index (χ4v) is 2.34. The van der Waals surface area contributed by atoms with E-state index < -0.39 is 11.8 Å². The minimum atomic E-state index is -0.477. The van der Waals surface area contributed by atoms with Crippen LogP contribution in [0.15, 0.2) is 77.2 Å². The first kappa shape index (κ1) is 20.7. The minimum absolute atomic E-state index is 0.0268. The zero-order valence-electron chi connectivity index (χ0n) is 15.6. The van der Waals surface area contributed by atoms with Crippen molar-refractivity contribution in [3.63, 3.8) is 0 Å². The Morgan fingerprint density at radius 2 is 1.96 bits per heavy atom. The zero-order chi connectivity index (χ0) is 20.5. The number of aromatic nitrogens is 1. The van der Waals surface area contributed by atoms with Gasteiger partial charge < -0.3 is 9.64 Å². The summed E-state index contributed by atoms with van der Waals surface area (Å²) in [5.41, 5.74) is 1.53. The molecular weight excluding hydrogens is 361 g/mol. The second-order valence-corrected chi connectivity index (χ2v) is 5.76. The number of pyridine rings is 1. The summed E-state index contributed by atoms with van der Waals surface area (Å²) in [6, 6.07) is 8.84. The van der Waals surface area contributed by atoms with Crippen LogP contribution in [0.3, 0.4) is 0 Å². The molecule has 144 valence electrons. The molecule has 0 bridgehead atoms. The summed E-state index contributed by atoms with van der Waals surface area (Å²) in [5, 5.41) is 0. The average Bonchev–Trinajstić information content (AvgIpc) is 2.73. The van der Waals surface area contributed by atoms with Crippen molar-refractivity contribution in [1.29, 1.82) is 0 Å². The quantitative estimate of drug-likeness (QED) is 0.318. The second-order valence-electron chi connectivity index (χ2n) is 5.76. The molecule has 1 heterocycles. The van der Waals surface area contributed by atoms with Crippen LogP contribution >= 0.6 is 0 Å². The van der Waals surface area contributed by atoms with Gasteiger partial charge in [-0.1, -0.05) is 12.1 Å². The Balaban J connectivity index is 2.40. The van der Waals surface area contributed by atoms with Crippen molar-refractivity contribution >= 4 is 24.3 Å². The summed E-state index contributed by atoms with van der Waals surface area (Å²) in [7, 11) is 1.29. The van der Waals surface area contributed by atoms with Gasteiger partial charge in [-0.2, -0.15) is 0 Å². The number of hydrogen-bond acceptors (Lipinski definition) is 5. The monoisotopic (exact) mass is 381 g/mol. The van der Waals surface area contributed by atoms with E-state index in [1.165, 1.54) is 48.7 Å². The SMILES string of the molecule is C=N/C(=C\C=C(/C)C(=O)OC)CN(C(=O)c1ccncc1)c1cccc(F)c1. The molecule has 7 heteroatoms. The van der Waals surface area contributed by atoms with Crippen LogP contribution < -0.4 is 4.90 Å². The van der Waals surface area contributed by atoms with Crippen LogP contribution in [0.2, 0.25) is 0 Å². The third kappa shape index (κ3) is 5.44. The summed E-state index contributed by atoms with van der Waals surface area (Å²) >= 11 is 0. The molecule has 0 fully saturated rings. The predicted molar refractivity (Wildman–Crippen MR) is 106 cm³/mol. The Kier molecular flexibility index (Phi) is 7.33. The number of carbonyl (C=O) groups is 2. The highest BCUT2D eigenvalue weighted by Crippen LogP contribution is 2.20. The van der Waals surface area contributed by atoms with Gasteiger partial charge in [0.05, 0.1) is 19.4 Å². The number of methoxy groups -OCH3 is 1. The lowest BCUT2D eigenvalue weighted by molar-refractivity contribution is -0.136. The fourth-order valence-electron chi connectivity index (χ4n) is 2.34. The molecule has 0 radical (unpaired) electrons. The van der Waals surface area contributed by atoms with Crippen molar-refractivity contribution < 1.29 is 18.7 Å². The number of anilines is 1. The highest BCUT2D eigenvalue weighted by atomic mass is 19.1. The first-order chi connectivity index (χ1) is 13.5. The van der Waals surface area contributed by atoms with Gasteiger partial charge in [0.15, 0.2) is 0 Å². The number of rotatable bonds is 7. The molecule has 6 nitrogen and oxygen atoms in total. The average molecular weight is 381 g/mol. The molecule has 2 aromatic rings. The maximum absolute atomic E-state index is 13.7. The number of aliphatic imine (C=N–C) groups is 1. The Bertz CT molecular complexity index is 924. The van der Waals surface area contributed by atoms with E-state index in [9.17, 15) is 14.0 Å².